The smallest absolute Gasteiger partial charge is 0.258 e. The van der Waals surface area contributed by atoms with Crippen LogP contribution in [-0.2, 0) is 6.54 Å². The summed E-state index contributed by atoms with van der Waals surface area (Å²) in [6, 6.07) is 12.1. The average Bonchev–Trinajstić information content (AvgIpc) is 3.19. The molecule has 1 fully saturated rings. The molecule has 0 spiro atoms. The largest absolute Gasteiger partial charge is 0.505 e. The minimum atomic E-state index is -0.256. The number of benzene rings is 2. The highest BCUT2D eigenvalue weighted by Gasteiger charge is 2.32. The quantitative estimate of drug-likeness (QED) is 0.725. The zero-order chi connectivity index (χ0) is 20.5. The number of pyridine rings is 1. The van der Waals surface area contributed by atoms with Crippen molar-refractivity contribution < 1.29 is 14.3 Å². The summed E-state index contributed by atoms with van der Waals surface area (Å²) in [5, 5.41) is 11.4. The lowest BCUT2D eigenvalue weighted by Crippen LogP contribution is -2.30. The molecule has 3 aromatic rings. The molecule has 5 nitrogen and oxygen atoms in total. The zero-order valence-corrected chi connectivity index (χ0v) is 16.6. The Hall–Kier alpha value is -2.99. The molecular weight excluding hydrogens is 369 g/mol. The molecule has 6 heteroatoms. The summed E-state index contributed by atoms with van der Waals surface area (Å²) in [6.45, 7) is 1.10. The number of hydrogen-bond donors (Lipinski definition) is 1. The lowest BCUT2D eigenvalue weighted by molar-refractivity contribution is 0.0732. The molecule has 1 saturated heterocycles. The van der Waals surface area contributed by atoms with Crippen molar-refractivity contribution in [3.8, 4) is 5.75 Å². The summed E-state index contributed by atoms with van der Waals surface area (Å²) in [7, 11) is 3.80. The van der Waals surface area contributed by atoms with E-state index < -0.39 is 0 Å². The number of aromatic nitrogens is 1. The Kier molecular flexibility index (Phi) is 5.20. The van der Waals surface area contributed by atoms with E-state index in [1.165, 1.54) is 6.07 Å². The summed E-state index contributed by atoms with van der Waals surface area (Å²) in [5.74, 6) is -0.616. The molecule has 4 rings (SSSR count). The second-order valence-electron chi connectivity index (χ2n) is 7.78. The Morgan fingerprint density at radius 1 is 1.28 bits per heavy atom. The molecule has 0 saturated carbocycles. The van der Waals surface area contributed by atoms with Gasteiger partial charge in [0.25, 0.3) is 5.91 Å². The van der Waals surface area contributed by atoms with E-state index >= 15 is 0 Å². The zero-order valence-electron chi connectivity index (χ0n) is 16.6. The van der Waals surface area contributed by atoms with Gasteiger partial charge in [0.1, 0.15) is 11.3 Å². The van der Waals surface area contributed by atoms with Crippen molar-refractivity contribution >= 4 is 16.8 Å². The Labute approximate surface area is 169 Å². The number of hydrogen-bond acceptors (Lipinski definition) is 4. The molecule has 0 bridgehead atoms. The third-order valence-electron chi connectivity index (χ3n) is 5.44. The summed E-state index contributed by atoms with van der Waals surface area (Å²) in [4.78, 5) is 21.1. The molecular formula is C23H24FN3O2. The summed E-state index contributed by atoms with van der Waals surface area (Å²) in [6.07, 6.45) is 3.20. The van der Waals surface area contributed by atoms with Crippen LogP contribution in [0.3, 0.4) is 0 Å². The fraction of sp³-hybridized carbons (Fsp3) is 0.304. The first kappa shape index (κ1) is 19.3. The van der Waals surface area contributed by atoms with Crippen molar-refractivity contribution in [2.24, 2.45) is 0 Å². The van der Waals surface area contributed by atoms with Gasteiger partial charge in [-0.1, -0.05) is 24.3 Å². The average molecular weight is 393 g/mol. The summed E-state index contributed by atoms with van der Waals surface area (Å²) in [5.41, 5.74) is 2.06. The second-order valence-corrected chi connectivity index (χ2v) is 7.78. The molecule has 1 aromatic heterocycles. The molecule has 29 heavy (non-hydrogen) atoms. The van der Waals surface area contributed by atoms with Gasteiger partial charge in [-0.25, -0.2) is 4.39 Å². The number of rotatable bonds is 4. The number of fused-ring (bicyclic) bond motifs is 1. The monoisotopic (exact) mass is 393 g/mol. The van der Waals surface area contributed by atoms with Crippen LogP contribution in [0.4, 0.5) is 4.39 Å². The fourth-order valence-corrected chi connectivity index (χ4v) is 4.05. The molecule has 0 radical (unpaired) electrons. The normalized spacial score (nSPS) is 16.7. The van der Waals surface area contributed by atoms with Crippen molar-refractivity contribution in [3.05, 3.63) is 71.2 Å². The molecule has 1 amide bonds. The molecule has 2 heterocycles. The minimum Gasteiger partial charge on any atom is -0.505 e. The Bertz CT molecular complexity index is 1070. The van der Waals surface area contributed by atoms with E-state index in [0.29, 0.717) is 24.2 Å². The van der Waals surface area contributed by atoms with Crippen molar-refractivity contribution in [1.82, 2.24) is 14.8 Å². The van der Waals surface area contributed by atoms with Gasteiger partial charge in [-0.2, -0.15) is 0 Å². The predicted octanol–water partition coefficient (Wildman–Crippen LogP) is 4.12. The van der Waals surface area contributed by atoms with Crippen LogP contribution in [-0.4, -0.2) is 46.4 Å². The topological polar surface area (TPSA) is 56.7 Å². The van der Waals surface area contributed by atoms with Crippen LogP contribution in [0.25, 0.3) is 10.9 Å². The maximum absolute atomic E-state index is 14.6. The number of carbonyl (C=O) groups is 1. The third-order valence-corrected chi connectivity index (χ3v) is 5.44. The van der Waals surface area contributed by atoms with Gasteiger partial charge in [0.05, 0.1) is 11.6 Å². The van der Waals surface area contributed by atoms with Crippen molar-refractivity contribution in [2.75, 3.05) is 20.6 Å². The first-order chi connectivity index (χ1) is 14.0. The van der Waals surface area contributed by atoms with Crippen LogP contribution in [0.1, 0.15) is 40.4 Å². The number of carbonyl (C=O) groups excluding carboxylic acids is 1. The van der Waals surface area contributed by atoms with Crippen LogP contribution in [0.2, 0.25) is 0 Å². The van der Waals surface area contributed by atoms with Crippen molar-refractivity contribution in [1.29, 1.82) is 0 Å². The van der Waals surface area contributed by atoms with E-state index in [-0.39, 0.29) is 29.1 Å². The van der Waals surface area contributed by atoms with Crippen LogP contribution in [0.15, 0.2) is 48.7 Å². The third kappa shape index (κ3) is 3.68. The molecule has 1 aliphatic rings. The van der Waals surface area contributed by atoms with Gasteiger partial charge in [0.15, 0.2) is 5.75 Å². The number of nitrogens with zero attached hydrogens (tertiary/aromatic N) is 3. The highest BCUT2D eigenvalue weighted by Crippen LogP contribution is 2.36. The fourth-order valence-electron chi connectivity index (χ4n) is 4.05. The molecule has 0 aliphatic carbocycles. The first-order valence-electron chi connectivity index (χ1n) is 9.76. The van der Waals surface area contributed by atoms with E-state index in [4.69, 9.17) is 0 Å². The maximum Gasteiger partial charge on any atom is 0.258 e. The van der Waals surface area contributed by atoms with E-state index in [2.05, 4.69) is 4.98 Å². The van der Waals surface area contributed by atoms with Crippen LogP contribution in [0, 0.1) is 5.82 Å². The lowest BCUT2D eigenvalue weighted by atomic mass is 10.0. The first-order valence-corrected chi connectivity index (χ1v) is 9.76. The van der Waals surface area contributed by atoms with E-state index in [1.54, 1.807) is 35.4 Å². The highest BCUT2D eigenvalue weighted by molar-refractivity contribution is 6.02. The second kappa shape index (κ2) is 7.79. The number of aromatic hydroxyl groups is 1. The van der Waals surface area contributed by atoms with Crippen LogP contribution in [0.5, 0.6) is 5.75 Å². The van der Waals surface area contributed by atoms with E-state index in [9.17, 15) is 14.3 Å². The molecule has 150 valence electrons. The molecule has 1 N–H and O–H groups in total. The van der Waals surface area contributed by atoms with Crippen LogP contribution < -0.4 is 0 Å². The van der Waals surface area contributed by atoms with Gasteiger partial charge in [0.2, 0.25) is 0 Å². The van der Waals surface area contributed by atoms with Gasteiger partial charge in [-0.05, 0) is 50.7 Å². The maximum atomic E-state index is 14.6. The van der Waals surface area contributed by atoms with Gasteiger partial charge in [0, 0.05) is 30.2 Å². The molecule has 0 unspecified atom stereocenters. The van der Waals surface area contributed by atoms with Gasteiger partial charge < -0.3 is 14.9 Å². The van der Waals surface area contributed by atoms with Gasteiger partial charge >= 0.3 is 0 Å². The molecule has 1 atom stereocenters. The molecule has 2 aromatic carbocycles. The number of amides is 1. The lowest BCUT2D eigenvalue weighted by Gasteiger charge is -2.26. The van der Waals surface area contributed by atoms with Gasteiger partial charge in [-0.3, -0.25) is 9.78 Å². The molecule has 1 aliphatic heterocycles. The number of phenolic OH excluding ortho intramolecular Hbond substituents is 1. The number of halogens is 1. The van der Waals surface area contributed by atoms with Crippen LogP contribution >= 0.6 is 0 Å². The highest BCUT2D eigenvalue weighted by atomic mass is 19.1. The Balaban J connectivity index is 1.64. The Morgan fingerprint density at radius 2 is 2.10 bits per heavy atom. The van der Waals surface area contributed by atoms with Crippen molar-refractivity contribution in [3.63, 3.8) is 0 Å². The van der Waals surface area contributed by atoms with E-state index in [0.717, 1.165) is 23.8 Å². The number of phenols is 1. The standard InChI is InChI=1S/C23H24FN3O2/c1-26(2)14-17-8-7-16(13-19(17)24)20-6-4-12-27(20)23(29)18-10-9-15-5-3-11-25-21(15)22(18)28/h3,5,7-11,13,20,28H,4,6,12,14H2,1-2H3/t20-/m1/s1. The number of likely N-dealkylation sites (tertiary alicyclic amines) is 1. The van der Waals surface area contributed by atoms with Gasteiger partial charge in [-0.15, -0.1) is 0 Å². The minimum absolute atomic E-state index is 0.105. The summed E-state index contributed by atoms with van der Waals surface area (Å²) < 4.78 is 14.6. The Morgan fingerprint density at radius 3 is 2.86 bits per heavy atom. The SMILES string of the molecule is CN(C)Cc1ccc([C@H]2CCCN2C(=O)c2ccc3cccnc3c2O)cc1F. The van der Waals surface area contributed by atoms with E-state index in [1.807, 2.05) is 31.1 Å². The summed E-state index contributed by atoms with van der Waals surface area (Å²) >= 11 is 0. The predicted molar refractivity (Wildman–Crippen MR) is 110 cm³/mol. The van der Waals surface area contributed by atoms with Crippen molar-refractivity contribution in [2.45, 2.75) is 25.4 Å².